The first-order chi connectivity index (χ1) is 8.49. The number of nitrogens with one attached hydrogen (secondary N) is 1. The Morgan fingerprint density at radius 2 is 2.11 bits per heavy atom. The second-order valence-corrected chi connectivity index (χ2v) is 5.41. The minimum atomic E-state index is -3.76. The predicted octanol–water partition coefficient (Wildman–Crippen LogP) is 1.48. The second kappa shape index (κ2) is 4.79. The Morgan fingerprint density at radius 1 is 1.33 bits per heavy atom. The summed E-state index contributed by atoms with van der Waals surface area (Å²) < 4.78 is 44.0. The normalized spacial score (nSPS) is 11.6. The molecule has 0 atom stereocenters. The number of hydrogen-bond donors (Lipinski definition) is 2. The van der Waals surface area contributed by atoms with Gasteiger partial charge in [0.1, 0.15) is 5.82 Å². The summed E-state index contributed by atoms with van der Waals surface area (Å²) in [5.41, 5.74) is 5.86. The smallest absolute Gasteiger partial charge is 0.240 e. The molecule has 2 aromatic rings. The molecule has 0 amide bonds. The van der Waals surface area contributed by atoms with E-state index in [0.717, 1.165) is 6.07 Å². The van der Waals surface area contributed by atoms with Crippen molar-refractivity contribution in [2.45, 2.75) is 11.4 Å². The van der Waals surface area contributed by atoms with E-state index in [1.807, 2.05) is 0 Å². The molecule has 1 heterocycles. The summed E-state index contributed by atoms with van der Waals surface area (Å²) >= 11 is 0. The van der Waals surface area contributed by atoms with Gasteiger partial charge in [-0.2, -0.15) is 0 Å². The van der Waals surface area contributed by atoms with Crippen molar-refractivity contribution in [3.63, 3.8) is 0 Å². The number of benzene rings is 1. The predicted molar refractivity (Wildman–Crippen MR) is 63.5 cm³/mol. The number of rotatable bonds is 4. The first kappa shape index (κ1) is 12.6. The molecule has 0 saturated carbocycles. The van der Waals surface area contributed by atoms with Gasteiger partial charge < -0.3 is 10.2 Å². The molecule has 0 aliphatic carbocycles. The topological polar surface area (TPSA) is 85.3 Å². The Labute approximate surface area is 103 Å². The molecule has 18 heavy (non-hydrogen) atoms. The van der Waals surface area contributed by atoms with Crippen LogP contribution in [0.25, 0.3) is 0 Å². The molecular formula is C11H11FN2O3S. The van der Waals surface area contributed by atoms with Crippen molar-refractivity contribution >= 4 is 15.7 Å². The fourth-order valence-corrected chi connectivity index (χ4v) is 2.36. The third kappa shape index (κ3) is 2.69. The molecule has 0 bridgehead atoms. The molecular weight excluding hydrogens is 259 g/mol. The lowest BCUT2D eigenvalue weighted by atomic mass is 10.3. The number of hydrogen-bond acceptors (Lipinski definition) is 4. The van der Waals surface area contributed by atoms with Crippen LogP contribution >= 0.6 is 0 Å². The second-order valence-electron chi connectivity index (χ2n) is 3.64. The first-order valence-corrected chi connectivity index (χ1v) is 6.53. The standard InChI is InChI=1S/C11H11FN2O3S/c12-10-5-9(1-2-11(10)13)18(15,16)14-6-8-3-4-17-7-8/h1-5,7,14H,6,13H2. The third-order valence-electron chi connectivity index (χ3n) is 2.33. The third-order valence-corrected chi connectivity index (χ3v) is 3.73. The number of furan rings is 1. The zero-order valence-electron chi connectivity index (χ0n) is 9.26. The van der Waals surface area contributed by atoms with Crippen molar-refractivity contribution in [3.05, 3.63) is 48.2 Å². The Morgan fingerprint density at radius 3 is 2.72 bits per heavy atom. The zero-order chi connectivity index (χ0) is 13.2. The molecule has 2 rings (SSSR count). The number of halogens is 1. The molecule has 1 aromatic carbocycles. The molecule has 5 nitrogen and oxygen atoms in total. The van der Waals surface area contributed by atoms with Crippen molar-refractivity contribution in [3.8, 4) is 0 Å². The van der Waals surface area contributed by atoms with E-state index in [1.165, 1.54) is 24.7 Å². The van der Waals surface area contributed by atoms with Gasteiger partial charge in [0.25, 0.3) is 0 Å². The lowest BCUT2D eigenvalue weighted by Gasteiger charge is -2.06. The van der Waals surface area contributed by atoms with E-state index in [1.54, 1.807) is 6.07 Å². The maximum atomic E-state index is 13.2. The van der Waals surface area contributed by atoms with Crippen LogP contribution in [-0.2, 0) is 16.6 Å². The Kier molecular flexibility index (Phi) is 3.35. The molecule has 0 spiro atoms. The number of nitrogen functional groups attached to an aromatic ring is 1. The number of sulfonamides is 1. The SMILES string of the molecule is Nc1ccc(S(=O)(=O)NCc2ccoc2)cc1F. The van der Waals surface area contributed by atoms with Crippen molar-refractivity contribution in [1.29, 1.82) is 0 Å². The fraction of sp³-hybridized carbons (Fsp3) is 0.0909. The summed E-state index contributed by atoms with van der Waals surface area (Å²) in [6.07, 6.45) is 2.86. The van der Waals surface area contributed by atoms with Gasteiger partial charge in [0.2, 0.25) is 10.0 Å². The minimum absolute atomic E-state index is 0.0742. The molecule has 0 aliphatic rings. The minimum Gasteiger partial charge on any atom is -0.472 e. The van der Waals surface area contributed by atoms with Crippen LogP contribution in [0, 0.1) is 5.82 Å². The van der Waals surface area contributed by atoms with Crippen LogP contribution < -0.4 is 10.5 Å². The Hall–Kier alpha value is -1.86. The van der Waals surface area contributed by atoms with Crippen LogP contribution in [0.2, 0.25) is 0 Å². The van der Waals surface area contributed by atoms with Crippen molar-refractivity contribution < 1.29 is 17.2 Å². The summed E-state index contributed by atoms with van der Waals surface area (Å²) in [5.74, 6) is -0.763. The highest BCUT2D eigenvalue weighted by molar-refractivity contribution is 7.89. The highest BCUT2D eigenvalue weighted by Gasteiger charge is 2.15. The van der Waals surface area contributed by atoms with E-state index < -0.39 is 15.8 Å². The highest BCUT2D eigenvalue weighted by atomic mass is 32.2. The van der Waals surface area contributed by atoms with Crippen LogP contribution in [0.1, 0.15) is 5.56 Å². The van der Waals surface area contributed by atoms with E-state index >= 15 is 0 Å². The molecule has 0 radical (unpaired) electrons. The van der Waals surface area contributed by atoms with Crippen LogP contribution in [0.5, 0.6) is 0 Å². The van der Waals surface area contributed by atoms with Gasteiger partial charge in [-0.15, -0.1) is 0 Å². The average Bonchev–Trinajstić information content (AvgIpc) is 2.83. The largest absolute Gasteiger partial charge is 0.472 e. The zero-order valence-corrected chi connectivity index (χ0v) is 10.1. The fourth-order valence-electron chi connectivity index (χ4n) is 1.33. The number of nitrogens with two attached hydrogens (primary N) is 1. The Bertz CT molecular complexity index is 638. The summed E-state index contributed by atoms with van der Waals surface area (Å²) in [7, 11) is -3.76. The lowest BCUT2D eigenvalue weighted by Crippen LogP contribution is -2.23. The van der Waals surface area contributed by atoms with Crippen molar-refractivity contribution in [1.82, 2.24) is 4.72 Å². The van der Waals surface area contributed by atoms with Gasteiger partial charge in [-0.3, -0.25) is 0 Å². The van der Waals surface area contributed by atoms with Gasteiger partial charge in [-0.25, -0.2) is 17.5 Å². The van der Waals surface area contributed by atoms with Gasteiger partial charge in [0.15, 0.2) is 0 Å². The molecule has 0 saturated heterocycles. The van der Waals surface area contributed by atoms with Crippen LogP contribution in [0.4, 0.5) is 10.1 Å². The summed E-state index contributed by atoms with van der Waals surface area (Å²) in [5, 5.41) is 0. The summed E-state index contributed by atoms with van der Waals surface area (Å²) in [6, 6.07) is 4.97. The molecule has 1 aromatic heterocycles. The van der Waals surface area contributed by atoms with E-state index in [2.05, 4.69) is 4.72 Å². The van der Waals surface area contributed by atoms with Crippen LogP contribution in [-0.4, -0.2) is 8.42 Å². The van der Waals surface area contributed by atoms with Gasteiger partial charge in [-0.1, -0.05) is 0 Å². The average molecular weight is 270 g/mol. The van der Waals surface area contributed by atoms with Gasteiger partial charge >= 0.3 is 0 Å². The summed E-state index contributed by atoms with van der Waals surface area (Å²) in [6.45, 7) is 0.0742. The monoisotopic (exact) mass is 270 g/mol. The quantitative estimate of drug-likeness (QED) is 0.824. The number of anilines is 1. The van der Waals surface area contributed by atoms with Crippen LogP contribution in [0.3, 0.4) is 0 Å². The molecule has 7 heteroatoms. The van der Waals surface area contributed by atoms with E-state index in [-0.39, 0.29) is 17.1 Å². The molecule has 0 unspecified atom stereocenters. The Balaban J connectivity index is 2.17. The molecule has 3 N–H and O–H groups in total. The first-order valence-electron chi connectivity index (χ1n) is 5.05. The van der Waals surface area contributed by atoms with Gasteiger partial charge in [0, 0.05) is 12.1 Å². The summed E-state index contributed by atoms with van der Waals surface area (Å²) in [4.78, 5) is -0.169. The molecule has 96 valence electrons. The van der Waals surface area contributed by atoms with E-state index in [0.29, 0.717) is 5.56 Å². The highest BCUT2D eigenvalue weighted by Crippen LogP contribution is 2.16. The van der Waals surface area contributed by atoms with E-state index in [9.17, 15) is 12.8 Å². The van der Waals surface area contributed by atoms with E-state index in [4.69, 9.17) is 10.2 Å². The lowest BCUT2D eigenvalue weighted by molar-refractivity contribution is 0.561. The maximum Gasteiger partial charge on any atom is 0.240 e. The van der Waals surface area contributed by atoms with Gasteiger partial charge in [-0.05, 0) is 24.3 Å². The van der Waals surface area contributed by atoms with Crippen molar-refractivity contribution in [2.24, 2.45) is 0 Å². The van der Waals surface area contributed by atoms with Gasteiger partial charge in [0.05, 0.1) is 23.1 Å². The molecule has 0 fully saturated rings. The van der Waals surface area contributed by atoms with Crippen LogP contribution in [0.15, 0.2) is 46.1 Å². The van der Waals surface area contributed by atoms with Crippen molar-refractivity contribution in [2.75, 3.05) is 5.73 Å². The maximum absolute atomic E-state index is 13.2. The molecule has 0 aliphatic heterocycles.